The molecule has 0 fully saturated rings. The van der Waals surface area contributed by atoms with Crippen LogP contribution in [-0.2, 0) is 43.2 Å². The molecule has 0 unspecified atom stereocenters. The number of aliphatic hydroxyl groups excluding tert-OH is 1. The summed E-state index contributed by atoms with van der Waals surface area (Å²) in [4.78, 5) is 121. The number of hydrogen-bond donors (Lipinski definition) is 12. The highest BCUT2D eigenvalue weighted by molar-refractivity contribution is 5.98. The van der Waals surface area contributed by atoms with E-state index in [2.05, 4.69) is 47.5 Å². The molecule has 0 aromatic heterocycles. The molecule has 0 bridgehead atoms. The third kappa shape index (κ3) is 21.0. The maximum absolute atomic E-state index is 13.8. The second kappa shape index (κ2) is 28.8. The molecule has 0 aromatic rings. The van der Waals surface area contributed by atoms with Crippen LogP contribution in [0.25, 0.3) is 0 Å². The number of nitrogens with one attached hydrogen (secondary N) is 8. The molecule has 0 spiro atoms. The maximum Gasteiger partial charge on any atom is 0.245 e. The number of primary amides is 1. The Labute approximate surface area is 358 Å². The molecule has 15 N–H and O–H groups in total. The Bertz CT molecular complexity index is 1520. The van der Waals surface area contributed by atoms with Crippen LogP contribution in [0.15, 0.2) is 4.99 Å². The summed E-state index contributed by atoms with van der Waals surface area (Å²) < 4.78 is 0. The van der Waals surface area contributed by atoms with E-state index in [4.69, 9.17) is 17.2 Å². The van der Waals surface area contributed by atoms with Gasteiger partial charge in [-0.25, -0.2) is 0 Å². The van der Waals surface area contributed by atoms with E-state index in [0.717, 1.165) is 0 Å². The molecule has 61 heavy (non-hydrogen) atoms. The van der Waals surface area contributed by atoms with Crippen LogP contribution in [0.1, 0.15) is 114 Å². The van der Waals surface area contributed by atoms with Crippen LogP contribution < -0.4 is 59.7 Å². The molecule has 0 rings (SSSR count). The van der Waals surface area contributed by atoms with E-state index in [9.17, 15) is 48.3 Å². The van der Waals surface area contributed by atoms with Gasteiger partial charge in [0.2, 0.25) is 53.2 Å². The van der Waals surface area contributed by atoms with E-state index in [1.807, 2.05) is 6.92 Å². The van der Waals surface area contributed by atoms with Gasteiger partial charge in [-0.2, -0.15) is 0 Å². The number of guanidine groups is 1. The van der Waals surface area contributed by atoms with Crippen molar-refractivity contribution in [1.82, 2.24) is 42.5 Å². The van der Waals surface area contributed by atoms with Gasteiger partial charge in [0.15, 0.2) is 5.96 Å². The molecule has 0 aliphatic heterocycles. The molecular weight excluding hydrogens is 797 g/mol. The van der Waals surface area contributed by atoms with Crippen LogP contribution in [0.3, 0.4) is 0 Å². The lowest BCUT2D eigenvalue weighted by molar-refractivity contribution is -0.138. The summed E-state index contributed by atoms with van der Waals surface area (Å²) in [7, 11) is 0. The highest BCUT2D eigenvalue weighted by Crippen LogP contribution is 2.13. The number of hydrogen-bond acceptors (Lipinski definition) is 11. The van der Waals surface area contributed by atoms with Crippen LogP contribution in [0.5, 0.6) is 0 Å². The van der Waals surface area contributed by atoms with Gasteiger partial charge in [-0.1, -0.05) is 53.9 Å². The smallest absolute Gasteiger partial charge is 0.245 e. The Morgan fingerprint density at radius 1 is 0.557 bits per heavy atom. The molecule has 0 saturated heterocycles. The van der Waals surface area contributed by atoms with Gasteiger partial charge < -0.3 is 64.8 Å². The van der Waals surface area contributed by atoms with Crippen molar-refractivity contribution in [3.05, 3.63) is 0 Å². The second-order valence-electron chi connectivity index (χ2n) is 15.2. The van der Waals surface area contributed by atoms with Crippen molar-refractivity contribution in [2.45, 2.75) is 162 Å². The number of carbonyl (C=O) groups excluding carboxylic acids is 9. The number of aliphatic hydroxyl groups is 1. The van der Waals surface area contributed by atoms with Crippen molar-refractivity contribution in [3.63, 3.8) is 0 Å². The second-order valence-corrected chi connectivity index (χ2v) is 15.2. The number of nitrogens with zero attached hydrogens (tertiary/aromatic N) is 1. The minimum Gasteiger partial charge on any atom is -0.391 e. The Hall–Kier alpha value is -5.54. The first-order valence-corrected chi connectivity index (χ1v) is 20.9. The number of amides is 9. The minimum atomic E-state index is -1.63. The molecule has 0 aromatic carbocycles. The summed E-state index contributed by atoms with van der Waals surface area (Å²) >= 11 is 0. The summed E-state index contributed by atoms with van der Waals surface area (Å²) in [6, 6.07) is -8.65. The van der Waals surface area contributed by atoms with Crippen LogP contribution in [0.2, 0.25) is 0 Å². The van der Waals surface area contributed by atoms with Crippen LogP contribution in [-0.4, -0.2) is 126 Å². The zero-order valence-electron chi connectivity index (χ0n) is 37.1. The molecule has 0 radical (unpaired) electrons. The van der Waals surface area contributed by atoms with Gasteiger partial charge in [-0.3, -0.25) is 48.1 Å². The molecule has 22 nitrogen and oxygen atoms in total. The Balaban J connectivity index is 6.30. The number of nitrogens with two attached hydrogens (primary N) is 3. The SMILES string of the molecule is CCC[C@H](NC(=O)[C@@H](NC(=O)[C@H](NC(=O)[C@H](CCC(N)=O)NC(=O)[C@H](C)NC(C)=O)[C@@H](C)CC)[C@@H](C)O)C(=O)N[C@H](C(=O)N[C@@H](CCCN=C(N)N)C(=O)NCC)[C@@H](C)CC. The van der Waals surface area contributed by atoms with Gasteiger partial charge in [0.25, 0.3) is 0 Å². The molecule has 10 atom stereocenters. The molecule has 0 aliphatic carbocycles. The normalized spacial score (nSPS) is 15.8. The lowest BCUT2D eigenvalue weighted by atomic mass is 9.96. The predicted molar refractivity (Wildman–Crippen MR) is 227 cm³/mol. The quantitative estimate of drug-likeness (QED) is 0.0205. The molecule has 0 heterocycles. The number of aliphatic imine (C=N–C) groups is 1. The van der Waals surface area contributed by atoms with Gasteiger partial charge in [0.05, 0.1) is 6.10 Å². The zero-order valence-corrected chi connectivity index (χ0v) is 37.1. The van der Waals surface area contributed by atoms with Crippen molar-refractivity contribution in [3.8, 4) is 0 Å². The standard InChI is InChI=1S/C39H72N12O10/c1-10-15-25(34(57)49-29(20(5)11-2)36(59)48-26(33(56)43-13-4)16-14-19-44-39(41)42)47-38(61)31(23(8)52)51-37(60)30(21(6)12-3)50-35(58)27(17-18-28(40)54)46-32(55)22(7)45-24(9)53/h20-23,25-27,29-31,52H,10-19H2,1-9H3,(H2,40,54)(H,43,56)(H,45,53)(H,46,55)(H,47,61)(H,48,59)(H,49,57)(H,50,58)(H,51,60)(H4,41,42,44)/t20-,21-,22-,23+,25-,26-,27-,29-,30+,31-/m0/s1. The molecule has 9 amide bonds. The van der Waals surface area contributed by atoms with Gasteiger partial charge in [0, 0.05) is 26.4 Å². The average molecular weight is 869 g/mol. The number of rotatable bonds is 29. The summed E-state index contributed by atoms with van der Waals surface area (Å²) in [6.45, 7) is 14.8. The first-order chi connectivity index (χ1) is 28.5. The van der Waals surface area contributed by atoms with Crippen molar-refractivity contribution in [2.75, 3.05) is 13.1 Å². The van der Waals surface area contributed by atoms with E-state index in [-0.39, 0.29) is 38.2 Å². The Kier molecular flexibility index (Phi) is 26.2. The fraction of sp³-hybridized carbons (Fsp3) is 0.744. The lowest BCUT2D eigenvalue weighted by Crippen LogP contribution is -2.63. The van der Waals surface area contributed by atoms with E-state index < -0.39 is 113 Å². The van der Waals surface area contributed by atoms with E-state index in [1.165, 1.54) is 20.8 Å². The first-order valence-electron chi connectivity index (χ1n) is 20.9. The largest absolute Gasteiger partial charge is 0.391 e. The summed E-state index contributed by atoms with van der Waals surface area (Å²) in [6.07, 6.45) is -0.157. The van der Waals surface area contributed by atoms with Gasteiger partial charge in [-0.15, -0.1) is 0 Å². The highest BCUT2D eigenvalue weighted by Gasteiger charge is 2.37. The molecule has 348 valence electrons. The van der Waals surface area contributed by atoms with Crippen molar-refractivity contribution in [1.29, 1.82) is 0 Å². The fourth-order valence-corrected chi connectivity index (χ4v) is 5.93. The summed E-state index contributed by atoms with van der Waals surface area (Å²) in [5, 5.41) is 31.3. The third-order valence-electron chi connectivity index (χ3n) is 9.91. The maximum atomic E-state index is 13.8. The highest BCUT2D eigenvalue weighted by atomic mass is 16.3. The van der Waals surface area contributed by atoms with E-state index >= 15 is 0 Å². The van der Waals surface area contributed by atoms with Crippen LogP contribution >= 0.6 is 0 Å². The van der Waals surface area contributed by atoms with Crippen LogP contribution in [0, 0.1) is 11.8 Å². The van der Waals surface area contributed by atoms with Gasteiger partial charge >= 0.3 is 0 Å². The topological polar surface area (TPSA) is 361 Å². The number of likely N-dealkylation sites (N-methyl/N-ethyl adjacent to an activating group) is 1. The van der Waals surface area contributed by atoms with Crippen molar-refractivity contribution < 1.29 is 48.3 Å². The number of carbonyl (C=O) groups is 9. The summed E-state index contributed by atoms with van der Waals surface area (Å²) in [5.41, 5.74) is 16.1. The molecular formula is C39H72N12O10. The third-order valence-corrected chi connectivity index (χ3v) is 9.91. The van der Waals surface area contributed by atoms with E-state index in [0.29, 0.717) is 32.2 Å². The molecule has 0 aliphatic rings. The Morgan fingerprint density at radius 2 is 1.00 bits per heavy atom. The van der Waals surface area contributed by atoms with E-state index in [1.54, 1.807) is 34.6 Å². The fourth-order valence-electron chi connectivity index (χ4n) is 5.93. The van der Waals surface area contributed by atoms with Gasteiger partial charge in [-0.05, 0) is 58.3 Å². The lowest BCUT2D eigenvalue weighted by Gasteiger charge is -2.30. The molecule has 22 heteroatoms. The molecule has 0 saturated carbocycles. The minimum absolute atomic E-state index is 0.101. The van der Waals surface area contributed by atoms with Crippen molar-refractivity contribution >= 4 is 59.1 Å². The monoisotopic (exact) mass is 869 g/mol. The zero-order chi connectivity index (χ0) is 47.0. The Morgan fingerprint density at radius 3 is 1.43 bits per heavy atom. The summed E-state index contributed by atoms with van der Waals surface area (Å²) in [5.74, 6) is -7.54. The van der Waals surface area contributed by atoms with Crippen molar-refractivity contribution in [2.24, 2.45) is 34.0 Å². The first kappa shape index (κ1) is 55.5. The predicted octanol–water partition coefficient (Wildman–Crippen LogP) is -2.85. The van der Waals surface area contributed by atoms with Crippen LogP contribution in [0.4, 0.5) is 0 Å². The average Bonchev–Trinajstić information content (AvgIpc) is 3.18. The van der Waals surface area contributed by atoms with Gasteiger partial charge in [0.1, 0.15) is 42.3 Å².